The Labute approximate surface area is 110 Å². The zero-order chi connectivity index (χ0) is 13.0. The van der Waals surface area contributed by atoms with E-state index in [0.29, 0.717) is 5.91 Å². The van der Waals surface area contributed by atoms with Gasteiger partial charge in [-0.1, -0.05) is 20.3 Å². The van der Waals surface area contributed by atoms with Crippen molar-refractivity contribution in [1.82, 2.24) is 10.2 Å². The number of rotatable bonds is 8. The van der Waals surface area contributed by atoms with Crippen LogP contribution in [0.15, 0.2) is 0 Å². The van der Waals surface area contributed by atoms with E-state index in [1.807, 2.05) is 4.90 Å². The van der Waals surface area contributed by atoms with Gasteiger partial charge in [0.05, 0.1) is 11.7 Å². The summed E-state index contributed by atoms with van der Waals surface area (Å²) in [5.41, 5.74) is -0.163. The van der Waals surface area contributed by atoms with E-state index < -0.39 is 0 Å². The lowest BCUT2D eigenvalue weighted by Gasteiger charge is -2.23. The molecule has 2 rings (SSSR count). The minimum Gasteiger partial charge on any atom is -0.381 e. The van der Waals surface area contributed by atoms with Crippen LogP contribution in [0.5, 0.6) is 0 Å². The van der Waals surface area contributed by atoms with Gasteiger partial charge in [0.15, 0.2) is 0 Å². The molecular weight excluding hydrogens is 228 g/mol. The minimum absolute atomic E-state index is 0.163. The van der Waals surface area contributed by atoms with Gasteiger partial charge in [0.1, 0.15) is 0 Å². The van der Waals surface area contributed by atoms with Crippen molar-refractivity contribution in [2.24, 2.45) is 0 Å². The molecule has 0 aromatic carbocycles. The van der Waals surface area contributed by atoms with Gasteiger partial charge in [0.2, 0.25) is 5.91 Å². The second-order valence-electron chi connectivity index (χ2n) is 5.50. The topological polar surface area (TPSA) is 41.6 Å². The van der Waals surface area contributed by atoms with Crippen LogP contribution in [0.3, 0.4) is 0 Å². The highest BCUT2D eigenvalue weighted by Gasteiger charge is 2.58. The molecule has 18 heavy (non-hydrogen) atoms. The molecule has 0 radical (unpaired) electrons. The molecule has 1 spiro atoms. The second kappa shape index (κ2) is 6.02. The van der Waals surface area contributed by atoms with E-state index in [1.54, 1.807) is 0 Å². The summed E-state index contributed by atoms with van der Waals surface area (Å²) in [6, 6.07) is 0. The molecule has 104 valence electrons. The Morgan fingerprint density at radius 2 is 2.11 bits per heavy atom. The van der Waals surface area contributed by atoms with Crippen molar-refractivity contribution in [2.45, 2.75) is 64.1 Å². The SMILES string of the molecule is CCCOCCCN1C(=O)C2(CC2)NC1CCC. The summed E-state index contributed by atoms with van der Waals surface area (Å²) < 4.78 is 5.48. The third kappa shape index (κ3) is 2.86. The van der Waals surface area contributed by atoms with Crippen LogP contribution in [0.2, 0.25) is 0 Å². The van der Waals surface area contributed by atoms with E-state index in [0.717, 1.165) is 58.3 Å². The zero-order valence-electron chi connectivity index (χ0n) is 11.7. The average molecular weight is 254 g/mol. The van der Waals surface area contributed by atoms with E-state index in [1.165, 1.54) is 0 Å². The van der Waals surface area contributed by atoms with Crippen molar-refractivity contribution in [3.63, 3.8) is 0 Å². The number of hydrogen-bond acceptors (Lipinski definition) is 3. The number of carbonyl (C=O) groups is 1. The number of amides is 1. The molecule has 1 saturated heterocycles. The summed E-state index contributed by atoms with van der Waals surface area (Å²) in [5, 5.41) is 3.53. The van der Waals surface area contributed by atoms with Crippen LogP contribution in [0.25, 0.3) is 0 Å². The molecular formula is C14H26N2O2. The van der Waals surface area contributed by atoms with Crippen LogP contribution in [-0.4, -0.2) is 42.3 Å². The molecule has 1 amide bonds. The van der Waals surface area contributed by atoms with Crippen molar-refractivity contribution in [2.75, 3.05) is 19.8 Å². The molecule has 1 atom stereocenters. The number of hydrogen-bond donors (Lipinski definition) is 1. The fourth-order valence-corrected chi connectivity index (χ4v) is 2.70. The lowest BCUT2D eigenvalue weighted by Crippen LogP contribution is -2.38. The monoisotopic (exact) mass is 254 g/mol. The highest BCUT2D eigenvalue weighted by atomic mass is 16.5. The van der Waals surface area contributed by atoms with E-state index in [4.69, 9.17) is 4.74 Å². The van der Waals surface area contributed by atoms with Crippen molar-refractivity contribution >= 4 is 5.91 Å². The highest BCUT2D eigenvalue weighted by molar-refractivity contribution is 5.91. The summed E-state index contributed by atoms with van der Waals surface area (Å²) >= 11 is 0. The van der Waals surface area contributed by atoms with Crippen LogP contribution in [-0.2, 0) is 9.53 Å². The lowest BCUT2D eigenvalue weighted by atomic mass is 10.2. The van der Waals surface area contributed by atoms with Crippen molar-refractivity contribution in [3.8, 4) is 0 Å². The van der Waals surface area contributed by atoms with Crippen molar-refractivity contribution in [3.05, 3.63) is 0 Å². The molecule has 0 aromatic heterocycles. The van der Waals surface area contributed by atoms with Crippen LogP contribution >= 0.6 is 0 Å². The Kier molecular flexibility index (Phi) is 4.62. The Hall–Kier alpha value is -0.610. The lowest BCUT2D eigenvalue weighted by molar-refractivity contribution is -0.131. The number of carbonyl (C=O) groups excluding carboxylic acids is 1. The second-order valence-corrected chi connectivity index (χ2v) is 5.50. The number of nitrogens with zero attached hydrogens (tertiary/aromatic N) is 1. The largest absolute Gasteiger partial charge is 0.381 e. The first-order valence-corrected chi connectivity index (χ1v) is 7.40. The Balaban J connectivity index is 1.78. The molecule has 4 heteroatoms. The maximum absolute atomic E-state index is 12.3. The van der Waals surface area contributed by atoms with E-state index in [9.17, 15) is 4.79 Å². The molecule has 1 saturated carbocycles. The maximum atomic E-state index is 12.3. The minimum atomic E-state index is -0.163. The molecule has 1 unspecified atom stereocenters. The molecule has 1 aliphatic heterocycles. The summed E-state index contributed by atoms with van der Waals surface area (Å²) in [6.07, 6.45) is 6.49. The third-order valence-corrected chi connectivity index (χ3v) is 3.84. The first-order chi connectivity index (χ1) is 8.73. The Morgan fingerprint density at radius 3 is 2.72 bits per heavy atom. The first kappa shape index (κ1) is 13.8. The number of nitrogens with one attached hydrogen (secondary N) is 1. The third-order valence-electron chi connectivity index (χ3n) is 3.84. The Bertz CT molecular complexity index is 290. The first-order valence-electron chi connectivity index (χ1n) is 7.40. The Morgan fingerprint density at radius 1 is 1.33 bits per heavy atom. The van der Waals surface area contributed by atoms with E-state index >= 15 is 0 Å². The molecule has 1 N–H and O–H groups in total. The predicted octanol–water partition coefficient (Wildman–Crippen LogP) is 1.89. The fraction of sp³-hybridized carbons (Fsp3) is 0.929. The normalized spacial score (nSPS) is 25.1. The predicted molar refractivity (Wildman–Crippen MR) is 71.2 cm³/mol. The fourth-order valence-electron chi connectivity index (χ4n) is 2.70. The smallest absolute Gasteiger partial charge is 0.244 e. The van der Waals surface area contributed by atoms with Gasteiger partial charge in [-0.15, -0.1) is 0 Å². The quantitative estimate of drug-likeness (QED) is 0.673. The van der Waals surface area contributed by atoms with Crippen LogP contribution in [0, 0.1) is 0 Å². The highest BCUT2D eigenvalue weighted by Crippen LogP contribution is 2.42. The molecule has 1 aliphatic carbocycles. The van der Waals surface area contributed by atoms with Gasteiger partial charge >= 0.3 is 0 Å². The summed E-state index contributed by atoms with van der Waals surface area (Å²) in [5.74, 6) is 0.330. The van der Waals surface area contributed by atoms with Gasteiger partial charge in [-0.05, 0) is 32.1 Å². The van der Waals surface area contributed by atoms with Crippen molar-refractivity contribution in [1.29, 1.82) is 0 Å². The molecule has 1 heterocycles. The van der Waals surface area contributed by atoms with Gasteiger partial charge in [-0.25, -0.2) is 0 Å². The summed E-state index contributed by atoms with van der Waals surface area (Å²) in [4.78, 5) is 14.4. The van der Waals surface area contributed by atoms with Crippen molar-refractivity contribution < 1.29 is 9.53 Å². The van der Waals surface area contributed by atoms with Gasteiger partial charge < -0.3 is 9.64 Å². The van der Waals surface area contributed by atoms with Gasteiger partial charge in [-0.3, -0.25) is 10.1 Å². The van der Waals surface area contributed by atoms with Crippen LogP contribution in [0.1, 0.15) is 52.4 Å². The molecule has 0 aromatic rings. The summed E-state index contributed by atoms with van der Waals surface area (Å²) in [7, 11) is 0. The maximum Gasteiger partial charge on any atom is 0.244 e. The standard InChI is InChI=1S/C14H26N2O2/c1-3-6-12-15-14(7-8-14)13(17)16(12)9-5-11-18-10-4-2/h12,15H,3-11H2,1-2H3. The zero-order valence-corrected chi connectivity index (χ0v) is 11.7. The molecule has 4 nitrogen and oxygen atoms in total. The average Bonchev–Trinajstić information content (AvgIpc) is 3.09. The van der Waals surface area contributed by atoms with Crippen LogP contribution < -0.4 is 5.32 Å². The van der Waals surface area contributed by atoms with Gasteiger partial charge in [0, 0.05) is 19.8 Å². The molecule has 0 bridgehead atoms. The molecule has 2 fully saturated rings. The van der Waals surface area contributed by atoms with Crippen LogP contribution in [0.4, 0.5) is 0 Å². The van der Waals surface area contributed by atoms with Gasteiger partial charge in [-0.2, -0.15) is 0 Å². The number of ether oxygens (including phenoxy) is 1. The summed E-state index contributed by atoms with van der Waals surface area (Å²) in [6.45, 7) is 6.72. The van der Waals surface area contributed by atoms with E-state index in [2.05, 4.69) is 19.2 Å². The molecule has 2 aliphatic rings. The van der Waals surface area contributed by atoms with Gasteiger partial charge in [0.25, 0.3) is 0 Å². The van der Waals surface area contributed by atoms with E-state index in [-0.39, 0.29) is 11.7 Å².